The average molecular weight is 655 g/mol. The second-order valence-electron chi connectivity index (χ2n) is 13.5. The number of halogens is 2. The van der Waals surface area contributed by atoms with Crippen LogP contribution in [0.2, 0.25) is 0 Å². The first-order valence-electron chi connectivity index (χ1n) is 16.3. The standard InChI is InChI=1S/C38H40F2N4O4/c1-38(2)16-5-8-26(24-7-4-6-23(18-24)9-14-35(46)47)33-21-42-37(43-33)29-19-25(10-12-30(29)39)48-36-28(11-13-34(45)44(3)22-38)27-15-17-41-32(27)20-31(36)40/h4,6-7,10,12,15,17-21,26,41H,5,8-9,11,13-14,16,22H2,1-3H3,(H,42,43)(H,46,47). The molecule has 1 atom stereocenters. The molecule has 0 saturated heterocycles. The van der Waals surface area contributed by atoms with Gasteiger partial charge in [-0.15, -0.1) is 0 Å². The number of aromatic amines is 2. The van der Waals surface area contributed by atoms with Gasteiger partial charge in [-0.25, -0.2) is 13.8 Å². The summed E-state index contributed by atoms with van der Waals surface area (Å²) in [4.78, 5) is 37.4. The van der Waals surface area contributed by atoms with Crippen molar-refractivity contribution in [2.45, 2.75) is 64.7 Å². The van der Waals surface area contributed by atoms with Crippen molar-refractivity contribution < 1.29 is 28.2 Å². The number of carbonyl (C=O) groups excluding carboxylic acids is 1. The predicted molar refractivity (Wildman–Crippen MR) is 180 cm³/mol. The van der Waals surface area contributed by atoms with Gasteiger partial charge in [0.15, 0.2) is 11.6 Å². The van der Waals surface area contributed by atoms with E-state index in [0.29, 0.717) is 29.9 Å². The number of ether oxygens (including phenoxy) is 1. The molecule has 0 saturated carbocycles. The lowest BCUT2D eigenvalue weighted by Gasteiger charge is -2.31. The lowest BCUT2D eigenvalue weighted by Crippen LogP contribution is -2.36. The van der Waals surface area contributed by atoms with E-state index in [1.165, 1.54) is 24.3 Å². The number of aliphatic carboxylic acids is 1. The van der Waals surface area contributed by atoms with Crippen molar-refractivity contribution in [3.05, 3.63) is 101 Å². The van der Waals surface area contributed by atoms with Gasteiger partial charge >= 0.3 is 5.97 Å². The largest absolute Gasteiger partial charge is 0.481 e. The van der Waals surface area contributed by atoms with Gasteiger partial charge in [0.2, 0.25) is 5.91 Å². The first-order chi connectivity index (χ1) is 23.0. The number of carboxylic acids is 1. The molecule has 0 radical (unpaired) electrons. The van der Waals surface area contributed by atoms with Crippen LogP contribution in [0.15, 0.2) is 67.0 Å². The summed E-state index contributed by atoms with van der Waals surface area (Å²) < 4.78 is 37.1. The van der Waals surface area contributed by atoms with Gasteiger partial charge in [0, 0.05) is 73.0 Å². The van der Waals surface area contributed by atoms with E-state index in [-0.39, 0.29) is 53.6 Å². The average Bonchev–Trinajstić information content (AvgIpc) is 3.72. The Balaban J connectivity index is 1.42. The molecule has 48 heavy (non-hydrogen) atoms. The highest BCUT2D eigenvalue weighted by molar-refractivity contribution is 5.86. The van der Waals surface area contributed by atoms with Crippen molar-refractivity contribution in [2.75, 3.05) is 13.6 Å². The number of aromatic nitrogens is 3. The van der Waals surface area contributed by atoms with Crippen LogP contribution >= 0.6 is 0 Å². The summed E-state index contributed by atoms with van der Waals surface area (Å²) in [5.41, 5.74) is 3.86. The first kappa shape index (κ1) is 32.9. The number of aryl methyl sites for hydroxylation is 2. The minimum absolute atomic E-state index is 0.00339. The molecule has 3 N–H and O–H groups in total. The first-order valence-corrected chi connectivity index (χ1v) is 16.3. The topological polar surface area (TPSA) is 111 Å². The number of carbonyl (C=O) groups is 2. The molecule has 1 aliphatic rings. The molecule has 250 valence electrons. The number of nitrogens with one attached hydrogen (secondary N) is 2. The number of hydrogen-bond acceptors (Lipinski definition) is 4. The zero-order chi connectivity index (χ0) is 34.0. The highest BCUT2D eigenvalue weighted by Gasteiger charge is 2.26. The minimum Gasteiger partial charge on any atom is -0.481 e. The van der Waals surface area contributed by atoms with Crippen LogP contribution in [-0.2, 0) is 22.4 Å². The molecule has 0 spiro atoms. The maximum Gasteiger partial charge on any atom is 0.303 e. The van der Waals surface area contributed by atoms with Gasteiger partial charge in [0.1, 0.15) is 17.4 Å². The molecule has 5 aromatic rings. The lowest BCUT2D eigenvalue weighted by molar-refractivity contribution is -0.137. The van der Waals surface area contributed by atoms with Crippen molar-refractivity contribution in [3.63, 3.8) is 0 Å². The fraction of sp³-hybridized carbons (Fsp3) is 0.342. The van der Waals surface area contributed by atoms with Gasteiger partial charge in [0.25, 0.3) is 0 Å². The SMILES string of the molecule is CN1CC(C)(C)CCCC(c2cccc(CCC(=O)O)c2)c2cnc([nH]2)-c2cc(ccc2F)Oc2c(F)cc3[nH]ccc3c2CCC1=O. The summed E-state index contributed by atoms with van der Waals surface area (Å²) in [6.45, 7) is 4.84. The Morgan fingerprint density at radius 3 is 2.75 bits per heavy atom. The van der Waals surface area contributed by atoms with Crippen LogP contribution in [0.5, 0.6) is 11.5 Å². The van der Waals surface area contributed by atoms with Crippen molar-refractivity contribution >= 4 is 22.8 Å². The van der Waals surface area contributed by atoms with E-state index < -0.39 is 17.6 Å². The lowest BCUT2D eigenvalue weighted by atomic mass is 9.83. The molecule has 1 aliphatic heterocycles. The third-order valence-corrected chi connectivity index (χ3v) is 9.26. The minimum atomic E-state index is -0.853. The summed E-state index contributed by atoms with van der Waals surface area (Å²) in [6, 6.07) is 15.3. The van der Waals surface area contributed by atoms with E-state index in [0.717, 1.165) is 41.5 Å². The number of nitrogens with zero attached hydrogens (tertiary/aromatic N) is 2. The third kappa shape index (κ3) is 7.27. The molecule has 1 amide bonds. The predicted octanol–water partition coefficient (Wildman–Crippen LogP) is 8.38. The van der Waals surface area contributed by atoms with Crippen LogP contribution in [0, 0.1) is 17.0 Å². The van der Waals surface area contributed by atoms with Crippen molar-refractivity contribution in [1.29, 1.82) is 0 Å². The molecule has 0 fully saturated rings. The van der Waals surface area contributed by atoms with E-state index in [4.69, 9.17) is 4.74 Å². The molecule has 3 heterocycles. The van der Waals surface area contributed by atoms with Gasteiger partial charge in [-0.3, -0.25) is 9.59 Å². The highest BCUT2D eigenvalue weighted by atomic mass is 19.1. The Bertz CT molecular complexity index is 1960. The molecule has 1 unspecified atom stereocenters. The fourth-order valence-electron chi connectivity index (χ4n) is 6.83. The number of hydrogen-bond donors (Lipinski definition) is 3. The zero-order valence-corrected chi connectivity index (χ0v) is 27.4. The zero-order valence-electron chi connectivity index (χ0n) is 27.4. The second-order valence-corrected chi connectivity index (χ2v) is 13.5. The monoisotopic (exact) mass is 654 g/mol. The number of H-pyrrole nitrogens is 2. The van der Waals surface area contributed by atoms with E-state index >= 15 is 8.78 Å². The maximum atomic E-state index is 15.6. The normalized spacial score (nSPS) is 17.2. The van der Waals surface area contributed by atoms with E-state index in [1.54, 1.807) is 24.3 Å². The highest BCUT2D eigenvalue weighted by Crippen LogP contribution is 2.38. The molecular formula is C38H40F2N4O4. The summed E-state index contributed by atoms with van der Waals surface area (Å²) in [6.07, 6.45) is 6.72. The van der Waals surface area contributed by atoms with Crippen LogP contribution < -0.4 is 4.74 Å². The Hall–Kier alpha value is -4.99. The molecule has 2 aromatic heterocycles. The second kappa shape index (κ2) is 13.6. The van der Waals surface area contributed by atoms with Gasteiger partial charge in [-0.1, -0.05) is 44.5 Å². The molecule has 10 heteroatoms. The summed E-state index contributed by atoms with van der Waals surface area (Å²) in [5.74, 6) is -1.60. The van der Waals surface area contributed by atoms with Crippen LogP contribution in [0.3, 0.4) is 0 Å². The Morgan fingerprint density at radius 2 is 1.94 bits per heavy atom. The number of carboxylic acid groups (broad SMARTS) is 1. The molecule has 4 bridgehead atoms. The van der Waals surface area contributed by atoms with Crippen LogP contribution in [0.1, 0.15) is 74.3 Å². The van der Waals surface area contributed by atoms with Crippen LogP contribution in [0.25, 0.3) is 22.3 Å². The number of amides is 1. The van der Waals surface area contributed by atoms with Gasteiger partial charge in [-0.2, -0.15) is 0 Å². The number of imidazole rings is 1. The van der Waals surface area contributed by atoms with Gasteiger partial charge in [-0.05, 0) is 66.5 Å². The van der Waals surface area contributed by atoms with Gasteiger partial charge < -0.3 is 24.7 Å². The third-order valence-electron chi connectivity index (χ3n) is 9.26. The van der Waals surface area contributed by atoms with Crippen molar-refractivity contribution in [1.82, 2.24) is 19.9 Å². The van der Waals surface area contributed by atoms with Crippen LogP contribution in [0.4, 0.5) is 8.78 Å². The van der Waals surface area contributed by atoms with E-state index in [2.05, 4.69) is 28.8 Å². The summed E-state index contributed by atoms with van der Waals surface area (Å²) >= 11 is 0. The quantitative estimate of drug-likeness (QED) is 0.180. The number of benzene rings is 3. The van der Waals surface area contributed by atoms with Gasteiger partial charge in [0.05, 0.1) is 5.56 Å². The Labute approximate surface area is 278 Å². The van der Waals surface area contributed by atoms with Crippen molar-refractivity contribution in [3.8, 4) is 22.9 Å². The number of rotatable bonds is 4. The summed E-state index contributed by atoms with van der Waals surface area (Å²) in [7, 11) is 1.80. The Kier molecular flexibility index (Phi) is 9.35. The maximum absolute atomic E-state index is 15.6. The fourth-order valence-corrected chi connectivity index (χ4v) is 6.83. The molecule has 8 nitrogen and oxygen atoms in total. The smallest absolute Gasteiger partial charge is 0.303 e. The van der Waals surface area contributed by atoms with E-state index in [9.17, 15) is 14.7 Å². The summed E-state index contributed by atoms with van der Waals surface area (Å²) in [5, 5.41) is 9.98. The molecule has 0 aliphatic carbocycles. The Morgan fingerprint density at radius 1 is 1.10 bits per heavy atom. The van der Waals surface area contributed by atoms with Crippen LogP contribution in [-0.4, -0.2) is 50.4 Å². The molecule has 3 aromatic carbocycles. The molecule has 6 rings (SSSR count). The molecular weight excluding hydrogens is 614 g/mol. The van der Waals surface area contributed by atoms with E-state index in [1.807, 2.05) is 30.3 Å². The van der Waals surface area contributed by atoms with Crippen molar-refractivity contribution in [2.24, 2.45) is 5.41 Å². The number of fused-ring (bicyclic) bond motifs is 8.